The lowest BCUT2D eigenvalue weighted by molar-refractivity contribution is 1.12. The molecule has 4 aromatic rings. The van der Waals surface area contributed by atoms with Crippen molar-refractivity contribution in [3.05, 3.63) is 84.2 Å². The lowest BCUT2D eigenvalue weighted by atomic mass is 10.0. The number of aromatic amines is 1. The average molecular weight is 350 g/mol. The van der Waals surface area contributed by atoms with Crippen LogP contribution in [0, 0.1) is 6.92 Å². The average Bonchev–Trinajstić information content (AvgIpc) is 2.96. The molecule has 1 aliphatic rings. The molecular formula is C23H18N4. The zero-order valence-corrected chi connectivity index (χ0v) is 15.0. The second-order valence-electron chi connectivity index (χ2n) is 6.77. The molecule has 0 bridgehead atoms. The number of fused-ring (bicyclic) bond motifs is 2. The smallest absolute Gasteiger partial charge is 0.0973 e. The fourth-order valence-corrected chi connectivity index (χ4v) is 3.35. The topological polar surface area (TPSA) is 54.5 Å². The molecule has 4 heteroatoms. The number of aryl methyl sites for hydroxylation is 1. The second kappa shape index (κ2) is 6.32. The Hall–Kier alpha value is -3.53. The fourth-order valence-electron chi connectivity index (χ4n) is 3.35. The Morgan fingerprint density at radius 3 is 2.63 bits per heavy atom. The second-order valence-corrected chi connectivity index (χ2v) is 6.77. The monoisotopic (exact) mass is 350 g/mol. The van der Waals surface area contributed by atoms with Crippen molar-refractivity contribution in [2.75, 3.05) is 0 Å². The minimum atomic E-state index is 0.861. The molecule has 4 nitrogen and oxygen atoms in total. The summed E-state index contributed by atoms with van der Waals surface area (Å²) in [5, 5.41) is 8.18. The first-order valence-electron chi connectivity index (χ1n) is 9.03. The fraction of sp³-hybridized carbons (Fsp3) is 0.0870. The summed E-state index contributed by atoms with van der Waals surface area (Å²) in [5.74, 6) is 0. The van der Waals surface area contributed by atoms with Crippen molar-refractivity contribution in [1.29, 1.82) is 0 Å². The molecule has 0 fully saturated rings. The molecule has 130 valence electrons. The highest BCUT2D eigenvalue weighted by Crippen LogP contribution is 2.31. The number of nitrogens with zero attached hydrogens (tertiary/aromatic N) is 3. The van der Waals surface area contributed by atoms with E-state index in [1.54, 1.807) is 0 Å². The predicted molar refractivity (Wildman–Crippen MR) is 110 cm³/mol. The summed E-state index contributed by atoms with van der Waals surface area (Å²) in [6, 6.07) is 12.5. The SMILES string of the molecule is Cc1ccc(-c2nc3cc4[nH]ncc4cc3nc2C2=CC=CCC=C2)cc1. The van der Waals surface area contributed by atoms with Gasteiger partial charge in [0.15, 0.2) is 0 Å². The van der Waals surface area contributed by atoms with E-state index in [-0.39, 0.29) is 0 Å². The molecule has 2 heterocycles. The van der Waals surface area contributed by atoms with Crippen LogP contribution in [-0.4, -0.2) is 20.2 Å². The number of hydrogen-bond acceptors (Lipinski definition) is 3. The summed E-state index contributed by atoms with van der Waals surface area (Å²) in [7, 11) is 0. The van der Waals surface area contributed by atoms with E-state index in [2.05, 4.69) is 71.8 Å². The summed E-state index contributed by atoms with van der Waals surface area (Å²) in [6.07, 6.45) is 13.3. The summed E-state index contributed by atoms with van der Waals surface area (Å²) in [6.45, 7) is 2.09. The van der Waals surface area contributed by atoms with Crippen molar-refractivity contribution in [3.63, 3.8) is 0 Å². The molecule has 2 aromatic carbocycles. The van der Waals surface area contributed by atoms with Crippen molar-refractivity contribution in [1.82, 2.24) is 20.2 Å². The molecule has 2 aromatic heterocycles. The van der Waals surface area contributed by atoms with Crippen LogP contribution in [0.2, 0.25) is 0 Å². The Balaban J connectivity index is 1.81. The number of H-pyrrole nitrogens is 1. The standard InChI is InChI=1S/C23H18N4/c1-15-8-10-17(11-9-15)23-22(16-6-4-2-3-5-7-16)25-20-12-18-14-24-27-19(18)13-21(20)26-23/h2,4-14H,3H2,1H3,(H,24,27). The van der Waals surface area contributed by atoms with Crippen molar-refractivity contribution in [2.45, 2.75) is 13.3 Å². The van der Waals surface area contributed by atoms with E-state index in [4.69, 9.17) is 9.97 Å². The molecule has 0 saturated carbocycles. The number of aromatic nitrogens is 4. The molecule has 5 rings (SSSR count). The molecule has 0 radical (unpaired) electrons. The third-order valence-electron chi connectivity index (χ3n) is 4.80. The zero-order valence-electron chi connectivity index (χ0n) is 15.0. The van der Waals surface area contributed by atoms with E-state index in [1.165, 1.54) is 5.56 Å². The van der Waals surface area contributed by atoms with E-state index in [0.717, 1.165) is 50.9 Å². The van der Waals surface area contributed by atoms with Gasteiger partial charge in [0, 0.05) is 16.5 Å². The van der Waals surface area contributed by atoms with Crippen LogP contribution >= 0.6 is 0 Å². The third kappa shape index (κ3) is 2.85. The van der Waals surface area contributed by atoms with Crippen molar-refractivity contribution in [2.24, 2.45) is 0 Å². The predicted octanol–water partition coefficient (Wildman–Crippen LogP) is 5.38. The van der Waals surface area contributed by atoms with Crippen LogP contribution in [-0.2, 0) is 0 Å². The Labute approximate surface area is 157 Å². The Morgan fingerprint density at radius 2 is 1.74 bits per heavy atom. The van der Waals surface area contributed by atoms with Gasteiger partial charge in [-0.3, -0.25) is 5.10 Å². The van der Waals surface area contributed by atoms with Crippen LogP contribution in [0.3, 0.4) is 0 Å². The maximum Gasteiger partial charge on any atom is 0.0973 e. The molecule has 1 aliphatic carbocycles. The van der Waals surface area contributed by atoms with Crippen molar-refractivity contribution < 1.29 is 0 Å². The first-order chi connectivity index (χ1) is 13.3. The molecule has 1 N–H and O–H groups in total. The largest absolute Gasteiger partial charge is 0.278 e. The van der Waals surface area contributed by atoms with E-state index in [0.29, 0.717) is 0 Å². The lowest BCUT2D eigenvalue weighted by Crippen LogP contribution is -1.98. The van der Waals surface area contributed by atoms with Gasteiger partial charge in [0.05, 0.1) is 34.1 Å². The van der Waals surface area contributed by atoms with Gasteiger partial charge in [-0.25, -0.2) is 9.97 Å². The van der Waals surface area contributed by atoms with E-state index < -0.39 is 0 Å². The van der Waals surface area contributed by atoms with Gasteiger partial charge in [-0.1, -0.05) is 60.2 Å². The van der Waals surface area contributed by atoms with E-state index in [1.807, 2.05) is 18.3 Å². The number of benzene rings is 2. The van der Waals surface area contributed by atoms with Gasteiger partial charge in [-0.15, -0.1) is 0 Å². The van der Waals surface area contributed by atoms with Crippen LogP contribution in [0.4, 0.5) is 0 Å². The minimum Gasteiger partial charge on any atom is -0.278 e. The third-order valence-corrected chi connectivity index (χ3v) is 4.80. The highest BCUT2D eigenvalue weighted by atomic mass is 15.1. The number of hydrogen-bond donors (Lipinski definition) is 1. The van der Waals surface area contributed by atoms with Crippen LogP contribution < -0.4 is 0 Å². The Bertz CT molecular complexity index is 1240. The molecule has 0 saturated heterocycles. The number of rotatable bonds is 2. The molecule has 0 unspecified atom stereocenters. The van der Waals surface area contributed by atoms with Crippen LogP contribution in [0.15, 0.2) is 73.0 Å². The van der Waals surface area contributed by atoms with E-state index in [9.17, 15) is 0 Å². The number of nitrogens with one attached hydrogen (secondary N) is 1. The van der Waals surface area contributed by atoms with Gasteiger partial charge in [0.1, 0.15) is 0 Å². The maximum atomic E-state index is 5.01. The van der Waals surface area contributed by atoms with Gasteiger partial charge < -0.3 is 0 Å². The van der Waals surface area contributed by atoms with Gasteiger partial charge in [-0.2, -0.15) is 5.10 Å². The van der Waals surface area contributed by atoms with Crippen LogP contribution in [0.25, 0.3) is 38.8 Å². The molecular weight excluding hydrogens is 332 g/mol. The van der Waals surface area contributed by atoms with E-state index >= 15 is 0 Å². The van der Waals surface area contributed by atoms with Crippen LogP contribution in [0.1, 0.15) is 17.7 Å². The zero-order chi connectivity index (χ0) is 18.2. The maximum absolute atomic E-state index is 5.01. The Kier molecular flexibility index (Phi) is 3.68. The summed E-state index contributed by atoms with van der Waals surface area (Å²) in [4.78, 5) is 10.0. The molecule has 0 aliphatic heterocycles. The number of allylic oxidation sites excluding steroid dienone is 6. The summed E-state index contributed by atoms with van der Waals surface area (Å²) >= 11 is 0. The normalized spacial score (nSPS) is 13.9. The van der Waals surface area contributed by atoms with Crippen molar-refractivity contribution >= 4 is 27.5 Å². The summed E-state index contributed by atoms with van der Waals surface area (Å²) in [5.41, 5.74) is 7.86. The summed E-state index contributed by atoms with van der Waals surface area (Å²) < 4.78 is 0. The van der Waals surface area contributed by atoms with Gasteiger partial charge in [-0.05, 0) is 25.5 Å². The highest BCUT2D eigenvalue weighted by molar-refractivity contribution is 5.95. The van der Waals surface area contributed by atoms with Crippen molar-refractivity contribution in [3.8, 4) is 11.3 Å². The quantitative estimate of drug-likeness (QED) is 0.528. The van der Waals surface area contributed by atoms with Gasteiger partial charge in [0.25, 0.3) is 0 Å². The first-order valence-corrected chi connectivity index (χ1v) is 9.03. The Morgan fingerprint density at radius 1 is 0.926 bits per heavy atom. The lowest BCUT2D eigenvalue weighted by Gasteiger charge is -2.11. The van der Waals surface area contributed by atoms with Gasteiger partial charge >= 0.3 is 0 Å². The molecule has 0 spiro atoms. The molecule has 0 amide bonds. The van der Waals surface area contributed by atoms with Gasteiger partial charge in [0.2, 0.25) is 0 Å². The van der Waals surface area contributed by atoms with Crippen LogP contribution in [0.5, 0.6) is 0 Å². The highest BCUT2D eigenvalue weighted by Gasteiger charge is 2.15. The first kappa shape index (κ1) is 15.7. The minimum absolute atomic E-state index is 0.861. The molecule has 0 atom stereocenters. The molecule has 27 heavy (non-hydrogen) atoms.